The quantitative estimate of drug-likeness (QED) is 0.704. The minimum atomic E-state index is -0.841. The molecule has 1 aliphatic heterocycles. The number of halogens is 2. The summed E-state index contributed by atoms with van der Waals surface area (Å²) < 4.78 is 10.6. The van der Waals surface area contributed by atoms with Crippen molar-refractivity contribution >= 4 is 23.2 Å². The second-order valence-electron chi connectivity index (χ2n) is 5.17. The topological polar surface area (TPSA) is 71.0 Å². The number of aliphatic hydroxyl groups excluding tert-OH is 1. The molecule has 1 saturated heterocycles. The van der Waals surface area contributed by atoms with Gasteiger partial charge in [0, 0.05) is 26.1 Å². The summed E-state index contributed by atoms with van der Waals surface area (Å²) in [5.41, 5.74) is -0.841. The summed E-state index contributed by atoms with van der Waals surface area (Å²) in [6.45, 7) is 1.61. The van der Waals surface area contributed by atoms with Gasteiger partial charge >= 0.3 is 0 Å². The molecule has 0 saturated carbocycles. The van der Waals surface area contributed by atoms with Gasteiger partial charge in [0.15, 0.2) is 5.75 Å². The van der Waals surface area contributed by atoms with Gasteiger partial charge in [-0.3, -0.25) is 0 Å². The smallest absolute Gasteiger partial charge is 0.156 e. The van der Waals surface area contributed by atoms with E-state index in [4.69, 9.17) is 32.7 Å². The maximum Gasteiger partial charge on any atom is 0.156 e. The van der Waals surface area contributed by atoms with Gasteiger partial charge in [0.1, 0.15) is 18.3 Å². The number of aliphatic hydroxyl groups is 2. The van der Waals surface area contributed by atoms with E-state index in [9.17, 15) is 10.2 Å². The van der Waals surface area contributed by atoms with Crippen LogP contribution in [0.1, 0.15) is 6.42 Å². The van der Waals surface area contributed by atoms with Crippen molar-refractivity contribution in [2.75, 3.05) is 32.9 Å². The molecule has 1 aromatic carbocycles. The Kier molecular flexibility index (Phi) is 6.10. The first-order valence-corrected chi connectivity index (χ1v) is 7.51. The molecule has 2 unspecified atom stereocenters. The van der Waals surface area contributed by atoms with Crippen molar-refractivity contribution < 1.29 is 19.7 Å². The minimum absolute atomic E-state index is 0.0609. The highest BCUT2D eigenvalue weighted by Gasteiger charge is 2.31. The van der Waals surface area contributed by atoms with E-state index in [2.05, 4.69) is 5.32 Å². The van der Waals surface area contributed by atoms with Gasteiger partial charge in [-0.2, -0.15) is 0 Å². The lowest BCUT2D eigenvalue weighted by Crippen LogP contribution is -2.44. The van der Waals surface area contributed by atoms with Gasteiger partial charge in [-0.05, 0) is 12.1 Å². The molecular formula is C14H19Cl2NO4. The Balaban J connectivity index is 1.71. The van der Waals surface area contributed by atoms with E-state index in [1.54, 1.807) is 18.2 Å². The zero-order valence-electron chi connectivity index (χ0n) is 11.5. The molecule has 7 heteroatoms. The highest BCUT2D eigenvalue weighted by Crippen LogP contribution is 2.32. The summed E-state index contributed by atoms with van der Waals surface area (Å²) >= 11 is 11.9. The Bertz CT molecular complexity index is 446. The van der Waals surface area contributed by atoms with Crippen LogP contribution in [0.2, 0.25) is 10.0 Å². The molecule has 0 amide bonds. The van der Waals surface area contributed by atoms with E-state index >= 15 is 0 Å². The van der Waals surface area contributed by atoms with Gasteiger partial charge in [-0.25, -0.2) is 0 Å². The fourth-order valence-corrected chi connectivity index (χ4v) is 2.57. The van der Waals surface area contributed by atoms with Crippen molar-refractivity contribution in [3.63, 3.8) is 0 Å². The fourth-order valence-electron chi connectivity index (χ4n) is 2.07. The van der Waals surface area contributed by atoms with Gasteiger partial charge in [-0.15, -0.1) is 0 Å². The molecule has 0 aliphatic carbocycles. The van der Waals surface area contributed by atoms with Gasteiger partial charge in [0.2, 0.25) is 0 Å². The lowest BCUT2D eigenvalue weighted by atomic mass is 10.0. The Morgan fingerprint density at radius 2 is 2.10 bits per heavy atom. The first-order valence-electron chi connectivity index (χ1n) is 6.76. The zero-order chi connectivity index (χ0) is 15.3. The Hall–Kier alpha value is -0.560. The van der Waals surface area contributed by atoms with Crippen molar-refractivity contribution in [2.45, 2.75) is 18.1 Å². The van der Waals surface area contributed by atoms with E-state index in [-0.39, 0.29) is 6.61 Å². The summed E-state index contributed by atoms with van der Waals surface area (Å²) in [4.78, 5) is 0. The van der Waals surface area contributed by atoms with Crippen LogP contribution >= 0.6 is 23.2 Å². The van der Waals surface area contributed by atoms with Crippen molar-refractivity contribution in [1.29, 1.82) is 0 Å². The molecule has 3 N–H and O–H groups in total. The van der Waals surface area contributed by atoms with E-state index in [1.165, 1.54) is 0 Å². The minimum Gasteiger partial charge on any atom is -0.488 e. The maximum absolute atomic E-state index is 10.0. The van der Waals surface area contributed by atoms with E-state index in [0.29, 0.717) is 48.5 Å². The zero-order valence-corrected chi connectivity index (χ0v) is 13.0. The molecule has 0 spiro atoms. The van der Waals surface area contributed by atoms with Crippen LogP contribution < -0.4 is 10.1 Å². The van der Waals surface area contributed by atoms with E-state index < -0.39 is 11.7 Å². The van der Waals surface area contributed by atoms with Crippen molar-refractivity contribution in [3.05, 3.63) is 28.2 Å². The number of nitrogens with one attached hydrogen (secondary N) is 1. The molecule has 2 atom stereocenters. The SMILES string of the molecule is OC(CNCC1(O)CCOC1)COc1c(Cl)cccc1Cl. The third kappa shape index (κ3) is 4.98. The standard InChI is InChI=1S/C14H19Cl2NO4/c15-11-2-1-3-12(16)13(11)21-7-10(18)6-17-8-14(19)4-5-20-9-14/h1-3,10,17-19H,4-9H2. The largest absolute Gasteiger partial charge is 0.488 e. The van der Waals surface area contributed by atoms with Crippen molar-refractivity contribution in [2.24, 2.45) is 0 Å². The van der Waals surface area contributed by atoms with E-state index in [0.717, 1.165) is 0 Å². The molecule has 1 fully saturated rings. The average molecular weight is 336 g/mol. The Morgan fingerprint density at radius 3 is 2.71 bits per heavy atom. The molecule has 0 bridgehead atoms. The van der Waals surface area contributed by atoms with Crippen LogP contribution in [0.15, 0.2) is 18.2 Å². The van der Waals surface area contributed by atoms with Crippen LogP contribution in [-0.4, -0.2) is 54.8 Å². The number of para-hydroxylation sites is 1. The number of benzene rings is 1. The highest BCUT2D eigenvalue weighted by molar-refractivity contribution is 6.37. The molecule has 1 aromatic rings. The van der Waals surface area contributed by atoms with E-state index in [1.807, 2.05) is 0 Å². The second-order valence-corrected chi connectivity index (χ2v) is 5.99. The molecule has 0 aromatic heterocycles. The molecule has 1 heterocycles. The lowest BCUT2D eigenvalue weighted by Gasteiger charge is -2.22. The van der Waals surface area contributed by atoms with Crippen LogP contribution in [0.5, 0.6) is 5.75 Å². The van der Waals surface area contributed by atoms with Crippen LogP contribution in [0.3, 0.4) is 0 Å². The van der Waals surface area contributed by atoms with Gasteiger partial charge in [0.25, 0.3) is 0 Å². The van der Waals surface area contributed by atoms with Gasteiger partial charge < -0.3 is 25.0 Å². The van der Waals surface area contributed by atoms with Crippen LogP contribution in [-0.2, 0) is 4.74 Å². The second kappa shape index (κ2) is 7.63. The monoisotopic (exact) mass is 335 g/mol. The van der Waals surface area contributed by atoms with Gasteiger partial charge in [0.05, 0.1) is 16.7 Å². The predicted molar refractivity (Wildman–Crippen MR) is 81.2 cm³/mol. The summed E-state index contributed by atoms with van der Waals surface area (Å²) in [6, 6.07) is 5.06. The summed E-state index contributed by atoms with van der Waals surface area (Å²) in [7, 11) is 0. The number of ether oxygens (including phenoxy) is 2. The summed E-state index contributed by atoms with van der Waals surface area (Å²) in [5, 5.41) is 23.7. The van der Waals surface area contributed by atoms with Crippen LogP contribution in [0, 0.1) is 0 Å². The lowest BCUT2D eigenvalue weighted by molar-refractivity contribution is 0.0226. The third-order valence-corrected chi connectivity index (χ3v) is 3.85. The van der Waals surface area contributed by atoms with Crippen LogP contribution in [0.25, 0.3) is 0 Å². The highest BCUT2D eigenvalue weighted by atomic mass is 35.5. The normalized spacial score (nSPS) is 23.2. The average Bonchev–Trinajstić information content (AvgIpc) is 2.85. The molecule has 0 radical (unpaired) electrons. The molecule has 1 aliphatic rings. The van der Waals surface area contributed by atoms with Gasteiger partial charge in [-0.1, -0.05) is 29.3 Å². The maximum atomic E-state index is 10.0. The number of rotatable bonds is 7. The Labute approximate surface area is 133 Å². The molecule has 5 nitrogen and oxygen atoms in total. The summed E-state index contributed by atoms with van der Waals surface area (Å²) in [5.74, 6) is 0.364. The first kappa shape index (κ1) is 16.8. The van der Waals surface area contributed by atoms with Crippen molar-refractivity contribution in [1.82, 2.24) is 5.32 Å². The first-order chi connectivity index (χ1) is 10.0. The Morgan fingerprint density at radius 1 is 1.38 bits per heavy atom. The third-order valence-electron chi connectivity index (χ3n) is 3.26. The molecule has 21 heavy (non-hydrogen) atoms. The molecule has 2 rings (SSSR count). The fraction of sp³-hybridized carbons (Fsp3) is 0.571. The van der Waals surface area contributed by atoms with Crippen molar-refractivity contribution in [3.8, 4) is 5.75 Å². The van der Waals surface area contributed by atoms with Crippen LogP contribution in [0.4, 0.5) is 0 Å². The predicted octanol–water partition coefficient (Wildman–Crippen LogP) is 1.47. The number of hydrogen-bond donors (Lipinski definition) is 3. The molecule has 118 valence electrons. The molecular weight excluding hydrogens is 317 g/mol. The number of hydrogen-bond acceptors (Lipinski definition) is 5. The summed E-state index contributed by atoms with van der Waals surface area (Å²) in [6.07, 6.45) is -0.134.